The van der Waals surface area contributed by atoms with Gasteiger partial charge in [0.05, 0.1) is 6.21 Å². The molecule has 0 radical (unpaired) electrons. The van der Waals surface area contributed by atoms with Crippen molar-refractivity contribution >= 4 is 12.2 Å². The van der Waals surface area contributed by atoms with Gasteiger partial charge < -0.3 is 10.3 Å². The van der Waals surface area contributed by atoms with Crippen molar-refractivity contribution in [1.29, 1.82) is 0 Å². The SMILES string of the molecule is Cc1ccc(-n2c(C)cc(/C=N/NC(N)=O)c2C)cc1. The van der Waals surface area contributed by atoms with Crippen LogP contribution in [0.5, 0.6) is 0 Å². The van der Waals surface area contributed by atoms with Crippen LogP contribution in [0.1, 0.15) is 22.5 Å². The Kier molecular flexibility index (Phi) is 3.89. The second kappa shape index (κ2) is 5.61. The van der Waals surface area contributed by atoms with E-state index in [-0.39, 0.29) is 0 Å². The van der Waals surface area contributed by atoms with Gasteiger partial charge in [-0.15, -0.1) is 0 Å². The Morgan fingerprint density at radius 2 is 1.90 bits per heavy atom. The molecule has 0 aliphatic rings. The summed E-state index contributed by atoms with van der Waals surface area (Å²) >= 11 is 0. The fraction of sp³-hybridized carbons (Fsp3) is 0.200. The van der Waals surface area contributed by atoms with Gasteiger partial charge in [0, 0.05) is 22.6 Å². The topological polar surface area (TPSA) is 72.4 Å². The van der Waals surface area contributed by atoms with Crippen molar-refractivity contribution in [3.63, 3.8) is 0 Å². The number of hydrogen-bond acceptors (Lipinski definition) is 2. The first-order valence-electron chi connectivity index (χ1n) is 6.33. The molecule has 20 heavy (non-hydrogen) atoms. The zero-order valence-corrected chi connectivity index (χ0v) is 11.8. The van der Waals surface area contributed by atoms with Crippen LogP contribution in [0.4, 0.5) is 4.79 Å². The van der Waals surface area contributed by atoms with Crippen molar-refractivity contribution in [2.24, 2.45) is 10.8 Å². The van der Waals surface area contributed by atoms with Crippen LogP contribution in [-0.4, -0.2) is 16.8 Å². The first-order valence-corrected chi connectivity index (χ1v) is 6.33. The molecule has 5 heteroatoms. The number of aryl methyl sites for hydroxylation is 2. The molecule has 0 bridgehead atoms. The van der Waals surface area contributed by atoms with E-state index in [4.69, 9.17) is 5.73 Å². The van der Waals surface area contributed by atoms with Gasteiger partial charge in [0.2, 0.25) is 0 Å². The van der Waals surface area contributed by atoms with E-state index in [1.807, 2.05) is 19.9 Å². The summed E-state index contributed by atoms with van der Waals surface area (Å²) in [6.45, 7) is 6.11. The van der Waals surface area contributed by atoms with E-state index >= 15 is 0 Å². The lowest BCUT2D eigenvalue weighted by molar-refractivity contribution is 0.249. The fourth-order valence-corrected chi connectivity index (χ4v) is 2.17. The number of primary amides is 1. The third-order valence-corrected chi connectivity index (χ3v) is 3.14. The van der Waals surface area contributed by atoms with Crippen molar-refractivity contribution < 1.29 is 4.79 Å². The maximum Gasteiger partial charge on any atom is 0.332 e. The highest BCUT2D eigenvalue weighted by atomic mass is 16.2. The number of nitrogens with zero attached hydrogens (tertiary/aromatic N) is 2. The van der Waals surface area contributed by atoms with Crippen LogP contribution < -0.4 is 11.2 Å². The standard InChI is InChI=1S/C15H18N4O/c1-10-4-6-14(7-5-10)19-11(2)8-13(12(19)3)9-17-18-15(16)20/h4-9H,1-3H3,(H3,16,18,20)/b17-9+. The van der Waals surface area contributed by atoms with Crippen molar-refractivity contribution in [2.75, 3.05) is 0 Å². The Morgan fingerprint density at radius 1 is 1.25 bits per heavy atom. The van der Waals surface area contributed by atoms with Gasteiger partial charge in [-0.25, -0.2) is 10.2 Å². The van der Waals surface area contributed by atoms with E-state index < -0.39 is 6.03 Å². The number of hydrazone groups is 1. The Labute approximate surface area is 118 Å². The maximum atomic E-state index is 10.6. The monoisotopic (exact) mass is 270 g/mol. The predicted molar refractivity (Wildman–Crippen MR) is 80.3 cm³/mol. The number of rotatable bonds is 3. The second-order valence-corrected chi connectivity index (χ2v) is 4.73. The lowest BCUT2D eigenvalue weighted by Crippen LogP contribution is -2.24. The third kappa shape index (κ3) is 2.88. The number of benzene rings is 1. The number of carbonyl (C=O) groups excluding carboxylic acids is 1. The highest BCUT2D eigenvalue weighted by Gasteiger charge is 2.09. The van der Waals surface area contributed by atoms with Crippen LogP contribution in [0.25, 0.3) is 5.69 Å². The van der Waals surface area contributed by atoms with Gasteiger partial charge in [-0.1, -0.05) is 17.7 Å². The summed E-state index contributed by atoms with van der Waals surface area (Å²) in [4.78, 5) is 10.6. The molecule has 0 fully saturated rings. The first kappa shape index (κ1) is 13.9. The van der Waals surface area contributed by atoms with Crippen LogP contribution >= 0.6 is 0 Å². The second-order valence-electron chi connectivity index (χ2n) is 4.73. The normalized spacial score (nSPS) is 10.9. The highest BCUT2D eigenvalue weighted by molar-refractivity contribution is 5.83. The van der Waals surface area contributed by atoms with Crippen molar-refractivity contribution in [3.05, 3.63) is 52.8 Å². The highest BCUT2D eigenvalue weighted by Crippen LogP contribution is 2.20. The molecule has 104 valence electrons. The quantitative estimate of drug-likeness (QED) is 0.652. The largest absolute Gasteiger partial charge is 0.350 e. The van der Waals surface area contributed by atoms with Crippen molar-refractivity contribution in [1.82, 2.24) is 9.99 Å². The van der Waals surface area contributed by atoms with Crippen LogP contribution in [-0.2, 0) is 0 Å². The Hall–Kier alpha value is -2.56. The third-order valence-electron chi connectivity index (χ3n) is 3.14. The van der Waals surface area contributed by atoms with Crippen molar-refractivity contribution in [2.45, 2.75) is 20.8 Å². The molecule has 3 N–H and O–H groups in total. The molecule has 2 amide bonds. The minimum absolute atomic E-state index is 0.673. The molecule has 0 saturated carbocycles. The molecule has 0 aliphatic heterocycles. The molecular weight excluding hydrogens is 252 g/mol. The van der Waals surface area contributed by atoms with E-state index in [1.54, 1.807) is 6.21 Å². The Bertz CT molecular complexity index is 653. The predicted octanol–water partition coefficient (Wildman–Crippen LogP) is 2.40. The molecule has 2 aromatic rings. The Balaban J connectivity index is 2.36. The number of carbonyl (C=O) groups is 1. The summed E-state index contributed by atoms with van der Waals surface area (Å²) in [6.07, 6.45) is 1.60. The molecule has 0 aliphatic carbocycles. The van der Waals surface area contributed by atoms with E-state index in [1.165, 1.54) is 5.56 Å². The lowest BCUT2D eigenvalue weighted by Gasteiger charge is -2.09. The van der Waals surface area contributed by atoms with Crippen molar-refractivity contribution in [3.8, 4) is 5.69 Å². The summed E-state index contributed by atoms with van der Waals surface area (Å²) < 4.78 is 2.14. The van der Waals surface area contributed by atoms with Gasteiger partial charge in [0.25, 0.3) is 0 Å². The van der Waals surface area contributed by atoms with Crippen LogP contribution in [0.3, 0.4) is 0 Å². The molecule has 0 atom stereocenters. The Morgan fingerprint density at radius 3 is 2.50 bits per heavy atom. The summed E-state index contributed by atoms with van der Waals surface area (Å²) in [5, 5.41) is 3.80. The number of urea groups is 1. The number of nitrogens with one attached hydrogen (secondary N) is 1. The van der Waals surface area contributed by atoms with Gasteiger partial charge in [-0.2, -0.15) is 5.10 Å². The van der Waals surface area contributed by atoms with Crippen LogP contribution in [0.2, 0.25) is 0 Å². The molecule has 1 aromatic heterocycles. The number of hydrogen-bond donors (Lipinski definition) is 2. The summed E-state index contributed by atoms with van der Waals surface area (Å²) in [7, 11) is 0. The van der Waals surface area contributed by atoms with Crippen LogP contribution in [0, 0.1) is 20.8 Å². The fourth-order valence-electron chi connectivity index (χ4n) is 2.17. The molecule has 5 nitrogen and oxygen atoms in total. The minimum atomic E-state index is -0.673. The maximum absolute atomic E-state index is 10.6. The smallest absolute Gasteiger partial charge is 0.332 e. The van der Waals surface area contributed by atoms with Gasteiger partial charge in [-0.05, 0) is 39.0 Å². The molecule has 0 saturated heterocycles. The minimum Gasteiger partial charge on any atom is -0.350 e. The summed E-state index contributed by atoms with van der Waals surface area (Å²) in [5.41, 5.74) is 12.6. The molecule has 2 rings (SSSR count). The van der Waals surface area contributed by atoms with Gasteiger partial charge in [0.1, 0.15) is 0 Å². The molecule has 1 aromatic carbocycles. The number of amides is 2. The molecule has 0 spiro atoms. The summed E-state index contributed by atoms with van der Waals surface area (Å²) in [5.74, 6) is 0. The van der Waals surface area contributed by atoms with Gasteiger partial charge in [0.15, 0.2) is 0 Å². The van der Waals surface area contributed by atoms with Gasteiger partial charge >= 0.3 is 6.03 Å². The van der Waals surface area contributed by atoms with Gasteiger partial charge in [-0.3, -0.25) is 0 Å². The van der Waals surface area contributed by atoms with Crippen LogP contribution in [0.15, 0.2) is 35.4 Å². The first-order chi connectivity index (χ1) is 9.49. The number of nitrogens with two attached hydrogens (primary N) is 1. The lowest BCUT2D eigenvalue weighted by atomic mass is 10.2. The zero-order valence-electron chi connectivity index (χ0n) is 11.8. The van der Waals surface area contributed by atoms with E-state index in [2.05, 4.69) is 46.3 Å². The molecule has 1 heterocycles. The van der Waals surface area contributed by atoms with E-state index in [9.17, 15) is 4.79 Å². The zero-order chi connectivity index (χ0) is 14.7. The summed E-state index contributed by atoms with van der Waals surface area (Å²) in [6, 6.07) is 9.67. The van der Waals surface area contributed by atoms with E-state index in [0.717, 1.165) is 22.6 Å². The number of aromatic nitrogens is 1. The molecule has 0 unspecified atom stereocenters. The van der Waals surface area contributed by atoms with E-state index in [0.29, 0.717) is 0 Å². The average molecular weight is 270 g/mol. The average Bonchev–Trinajstić information content (AvgIpc) is 2.66. The molecular formula is C15H18N4O.